The van der Waals surface area contributed by atoms with Crippen molar-refractivity contribution in [3.63, 3.8) is 0 Å². The van der Waals surface area contributed by atoms with Gasteiger partial charge in [-0.25, -0.2) is 13.6 Å². The molecule has 0 atom stereocenters. The van der Waals surface area contributed by atoms with Crippen molar-refractivity contribution in [1.29, 1.82) is 0 Å². The van der Waals surface area contributed by atoms with Crippen LogP contribution in [-0.4, -0.2) is 83.9 Å². The highest BCUT2D eigenvalue weighted by molar-refractivity contribution is 5.95. The topological polar surface area (TPSA) is 139 Å². The summed E-state index contributed by atoms with van der Waals surface area (Å²) < 4.78 is 111. The van der Waals surface area contributed by atoms with Crippen LogP contribution in [0.3, 0.4) is 0 Å². The lowest BCUT2D eigenvalue weighted by molar-refractivity contribution is -0.140. The highest BCUT2D eigenvalue weighted by Gasteiger charge is 2.31. The number of carbonyl (C=O) groups excluding carboxylic acids is 3. The number of halogens is 8. The summed E-state index contributed by atoms with van der Waals surface area (Å²) in [5, 5.41) is 8.25. The first-order valence-electron chi connectivity index (χ1n) is 19.0. The summed E-state index contributed by atoms with van der Waals surface area (Å²) in [4.78, 5) is 49.9. The monoisotopic (exact) mass is 865 g/mol. The number of rotatable bonds is 10. The average molecular weight is 866 g/mol. The van der Waals surface area contributed by atoms with E-state index in [1.807, 2.05) is 0 Å². The number of carboxylic acid groups (broad SMARTS) is 1. The molecule has 18 heteroatoms. The molecule has 0 aliphatic carbocycles. The van der Waals surface area contributed by atoms with Crippen molar-refractivity contribution in [2.45, 2.75) is 50.5 Å². The van der Waals surface area contributed by atoms with Gasteiger partial charge in [0.1, 0.15) is 29.7 Å². The highest BCUT2D eigenvalue weighted by Crippen LogP contribution is 2.31. The van der Waals surface area contributed by atoms with Crippen LogP contribution in [0.1, 0.15) is 63.9 Å². The third kappa shape index (κ3) is 15.2. The van der Waals surface area contributed by atoms with Crippen LogP contribution >= 0.6 is 0 Å². The molecule has 4 aromatic rings. The van der Waals surface area contributed by atoms with Gasteiger partial charge in [-0.1, -0.05) is 24.3 Å². The van der Waals surface area contributed by atoms with Crippen LogP contribution in [-0.2, 0) is 21.9 Å². The molecule has 2 aliphatic heterocycles. The van der Waals surface area contributed by atoms with Crippen molar-refractivity contribution in [3.8, 4) is 11.5 Å². The fourth-order valence-electron chi connectivity index (χ4n) is 6.22. The first-order valence-corrected chi connectivity index (χ1v) is 19.0. The minimum Gasteiger partial charge on any atom is -0.486 e. The Morgan fingerprint density at radius 1 is 0.590 bits per heavy atom. The molecule has 0 spiro atoms. The maximum absolute atomic E-state index is 13.8. The Kier molecular flexibility index (Phi) is 17.2. The van der Waals surface area contributed by atoms with Gasteiger partial charge in [0.15, 0.2) is 12.4 Å². The number of likely N-dealkylation sites (tertiary alicyclic amines) is 2. The van der Waals surface area contributed by atoms with Gasteiger partial charge in [0, 0.05) is 38.6 Å². The van der Waals surface area contributed by atoms with E-state index < -0.39 is 47.7 Å². The predicted octanol–water partition coefficient (Wildman–Crippen LogP) is 8.29. The van der Waals surface area contributed by atoms with Crippen molar-refractivity contribution < 1.29 is 68.9 Å². The van der Waals surface area contributed by atoms with Crippen LogP contribution in [0.15, 0.2) is 97.1 Å². The molecule has 6 rings (SSSR count). The maximum atomic E-state index is 13.8. The summed E-state index contributed by atoms with van der Waals surface area (Å²) in [6.07, 6.45) is -5.73. The number of ketones is 1. The molecule has 2 aliphatic rings. The van der Waals surface area contributed by atoms with Gasteiger partial charge in [-0.3, -0.25) is 14.4 Å². The molecule has 2 saturated heterocycles. The maximum Gasteiger partial charge on any atom is 0.416 e. The van der Waals surface area contributed by atoms with E-state index in [1.165, 1.54) is 42.5 Å². The van der Waals surface area contributed by atoms with Gasteiger partial charge in [-0.2, -0.15) is 26.3 Å². The lowest BCUT2D eigenvalue weighted by atomic mass is 9.91. The summed E-state index contributed by atoms with van der Waals surface area (Å²) in [7, 11) is 0. The number of hydrogen-bond donors (Lipinski definition) is 2. The molecule has 61 heavy (non-hydrogen) atoms. The van der Waals surface area contributed by atoms with Gasteiger partial charge in [0.2, 0.25) is 0 Å². The lowest BCUT2D eigenvalue weighted by Gasteiger charge is -2.31. The number of nitrogens with zero attached hydrogens (tertiary/aromatic N) is 2. The number of carboxylic acids is 1. The number of aliphatic carboxylic acids is 1. The Morgan fingerprint density at radius 2 is 0.967 bits per heavy atom. The molecule has 3 N–H and O–H groups in total. The molecule has 2 amide bonds. The van der Waals surface area contributed by atoms with Crippen molar-refractivity contribution in [2.24, 2.45) is 11.7 Å². The van der Waals surface area contributed by atoms with Crippen LogP contribution in [0.25, 0.3) is 0 Å². The Balaban J connectivity index is 0.000000222. The molecular formula is C43H43F8N3O7. The number of piperidine rings is 2. The molecule has 328 valence electrons. The smallest absolute Gasteiger partial charge is 0.416 e. The second-order valence-corrected chi connectivity index (χ2v) is 14.1. The van der Waals surface area contributed by atoms with E-state index in [0.29, 0.717) is 39.0 Å². The fraction of sp³-hybridized carbons (Fsp3) is 0.349. The van der Waals surface area contributed by atoms with Crippen molar-refractivity contribution in [1.82, 2.24) is 9.80 Å². The summed E-state index contributed by atoms with van der Waals surface area (Å²) in [5.41, 5.74) is 4.36. The Morgan fingerprint density at radius 3 is 1.34 bits per heavy atom. The van der Waals surface area contributed by atoms with Gasteiger partial charge in [-0.05, 0) is 104 Å². The minimum atomic E-state index is -4.42. The third-order valence-electron chi connectivity index (χ3n) is 9.58. The molecule has 10 nitrogen and oxygen atoms in total. The van der Waals surface area contributed by atoms with E-state index in [9.17, 15) is 54.3 Å². The second kappa shape index (κ2) is 22.0. The molecule has 0 unspecified atom stereocenters. The number of nitrogens with two attached hydrogens (primary N) is 1. The van der Waals surface area contributed by atoms with Gasteiger partial charge in [0.05, 0.1) is 22.3 Å². The van der Waals surface area contributed by atoms with Gasteiger partial charge >= 0.3 is 18.3 Å². The molecule has 2 heterocycles. The predicted molar refractivity (Wildman–Crippen MR) is 206 cm³/mol. The highest BCUT2D eigenvalue weighted by atomic mass is 19.4. The largest absolute Gasteiger partial charge is 0.486 e. The standard InChI is InChI=1S/C22H21F4NO3.C12H15FN2O.C9H7F3O3/c23-20-4-2-1-3-19(20)21(29)27-11-9-15(10-12-27)13-17(28)14-30-18-7-5-16(6-8-18)22(24,25)26;13-11-4-2-1-3-10(11)12(16)15-7-5-9(14)6-8-15;10-9(11,12)6-1-3-7(4-2-6)15-5-8(13)14/h1-8,15H,9-14H2;1-4,9H,5-8,14H2;1-4H,5H2,(H,13,14). The quantitative estimate of drug-likeness (QED) is 0.152. The minimum absolute atomic E-state index is 0.0389. The molecule has 2 fully saturated rings. The fourth-order valence-corrected chi connectivity index (χ4v) is 6.22. The van der Waals surface area contributed by atoms with Gasteiger partial charge in [0.25, 0.3) is 11.8 Å². The SMILES string of the molecule is NC1CCN(C(=O)c2ccccc2F)CC1.O=C(COc1ccc(C(F)(F)F)cc1)CC1CCN(C(=O)c2ccccc2F)CC1.O=C(O)COc1ccc(C(F)(F)F)cc1. The number of ether oxygens (including phenoxy) is 2. The number of hydrogen-bond acceptors (Lipinski definition) is 7. The zero-order valence-corrected chi connectivity index (χ0v) is 32.6. The van der Waals surface area contributed by atoms with E-state index in [2.05, 4.69) is 4.74 Å². The number of alkyl halides is 6. The normalized spacial score (nSPS) is 14.8. The molecule has 0 aromatic heterocycles. The zero-order chi connectivity index (χ0) is 44.7. The number of carbonyl (C=O) groups is 4. The first-order chi connectivity index (χ1) is 28.8. The summed E-state index contributed by atoms with van der Waals surface area (Å²) in [5.74, 6) is -2.58. The van der Waals surface area contributed by atoms with Crippen molar-refractivity contribution in [3.05, 3.63) is 131 Å². The average Bonchev–Trinajstić information content (AvgIpc) is 3.23. The molecule has 0 bridgehead atoms. The summed E-state index contributed by atoms with van der Waals surface area (Å²) in [6.45, 7) is 1.31. The summed E-state index contributed by atoms with van der Waals surface area (Å²) >= 11 is 0. The van der Waals surface area contributed by atoms with Gasteiger partial charge < -0.3 is 30.1 Å². The van der Waals surface area contributed by atoms with Crippen LogP contribution in [0.2, 0.25) is 0 Å². The zero-order valence-electron chi connectivity index (χ0n) is 32.6. The van der Waals surface area contributed by atoms with E-state index >= 15 is 0 Å². The molecule has 0 saturated carbocycles. The number of Topliss-reactive ketones (excluding diaryl/α,β-unsaturated/α-hetero) is 1. The molecule has 0 radical (unpaired) electrons. The van der Waals surface area contributed by atoms with Crippen LogP contribution in [0.5, 0.6) is 11.5 Å². The molecular weight excluding hydrogens is 822 g/mol. The number of benzene rings is 4. The van der Waals surface area contributed by atoms with Crippen LogP contribution < -0.4 is 15.2 Å². The number of amides is 2. The van der Waals surface area contributed by atoms with E-state index in [1.54, 1.807) is 28.0 Å². The van der Waals surface area contributed by atoms with Crippen molar-refractivity contribution >= 4 is 23.6 Å². The van der Waals surface area contributed by atoms with E-state index in [4.69, 9.17) is 15.6 Å². The van der Waals surface area contributed by atoms with Crippen molar-refractivity contribution in [2.75, 3.05) is 39.4 Å². The third-order valence-corrected chi connectivity index (χ3v) is 9.58. The van der Waals surface area contributed by atoms with E-state index in [0.717, 1.165) is 49.2 Å². The van der Waals surface area contributed by atoms with Crippen LogP contribution in [0.4, 0.5) is 35.1 Å². The first kappa shape index (κ1) is 47.6. The van der Waals surface area contributed by atoms with E-state index in [-0.39, 0.29) is 65.2 Å². The Labute approximate surface area is 345 Å². The lowest BCUT2D eigenvalue weighted by Crippen LogP contribution is -2.43. The second-order valence-electron chi connectivity index (χ2n) is 14.1. The molecule has 4 aromatic carbocycles. The van der Waals surface area contributed by atoms with Gasteiger partial charge in [-0.15, -0.1) is 0 Å². The Hall–Kier alpha value is -6.04. The Bertz CT molecular complexity index is 2060. The summed E-state index contributed by atoms with van der Waals surface area (Å²) in [6, 6.07) is 20.1. The van der Waals surface area contributed by atoms with Crippen LogP contribution in [0, 0.1) is 17.6 Å².